The molecule has 27 heavy (non-hydrogen) atoms. The molecule has 0 aliphatic heterocycles. The van der Waals surface area contributed by atoms with Gasteiger partial charge in [-0.25, -0.2) is 13.1 Å². The zero-order chi connectivity index (χ0) is 19.3. The number of carbonyl (C=O) groups excluding carboxylic acids is 1. The van der Waals surface area contributed by atoms with Crippen molar-refractivity contribution in [1.82, 2.24) is 10.0 Å². The lowest BCUT2D eigenvalue weighted by molar-refractivity contribution is 0.0950. The quantitative estimate of drug-likeness (QED) is 0.632. The average molecular weight is 405 g/mol. The molecule has 2 N–H and O–H groups in total. The van der Waals surface area contributed by atoms with Crippen LogP contribution < -0.4 is 10.0 Å². The maximum Gasteiger partial charge on any atom is 0.251 e. The van der Waals surface area contributed by atoms with Crippen molar-refractivity contribution in [2.75, 3.05) is 0 Å². The van der Waals surface area contributed by atoms with Gasteiger partial charge in [-0.05, 0) is 42.0 Å². The van der Waals surface area contributed by atoms with Crippen LogP contribution in [0.1, 0.15) is 21.7 Å². The van der Waals surface area contributed by atoms with Crippen molar-refractivity contribution in [3.63, 3.8) is 0 Å². The van der Waals surface area contributed by atoms with Gasteiger partial charge in [-0.3, -0.25) is 4.79 Å². The Hall–Kier alpha value is -2.61. The van der Waals surface area contributed by atoms with E-state index in [-0.39, 0.29) is 23.5 Å². The fourth-order valence-corrected chi connectivity index (χ4v) is 3.63. The van der Waals surface area contributed by atoms with Gasteiger partial charge in [0.25, 0.3) is 5.91 Å². The van der Waals surface area contributed by atoms with Crippen LogP contribution >= 0.6 is 11.6 Å². The molecule has 0 fully saturated rings. The van der Waals surface area contributed by atoms with Gasteiger partial charge >= 0.3 is 0 Å². The zero-order valence-electron chi connectivity index (χ0n) is 14.2. The number of nitrogens with one attached hydrogen (secondary N) is 2. The van der Waals surface area contributed by atoms with Crippen molar-refractivity contribution in [3.05, 3.63) is 88.8 Å². The van der Waals surface area contributed by atoms with Crippen LogP contribution in [0.15, 0.2) is 76.2 Å². The highest BCUT2D eigenvalue weighted by molar-refractivity contribution is 7.89. The van der Waals surface area contributed by atoms with E-state index in [1.54, 1.807) is 30.3 Å². The number of hydrogen-bond acceptors (Lipinski definition) is 4. The largest absolute Gasteiger partial charge is 0.468 e. The van der Waals surface area contributed by atoms with E-state index in [0.29, 0.717) is 10.8 Å². The fraction of sp³-hybridized carbons (Fsp3) is 0.105. The van der Waals surface area contributed by atoms with E-state index in [0.717, 1.165) is 5.56 Å². The number of amides is 1. The van der Waals surface area contributed by atoms with Crippen LogP contribution in [0.3, 0.4) is 0 Å². The summed E-state index contributed by atoms with van der Waals surface area (Å²) < 4.78 is 32.4. The number of furan rings is 1. The number of hydrogen-bond donors (Lipinski definition) is 2. The molecule has 0 saturated carbocycles. The lowest BCUT2D eigenvalue weighted by Gasteiger charge is -2.09. The molecule has 8 heteroatoms. The van der Waals surface area contributed by atoms with E-state index in [1.165, 1.54) is 24.5 Å². The maximum atomic E-state index is 12.4. The fourth-order valence-electron chi connectivity index (χ4n) is 2.39. The predicted molar refractivity (Wildman–Crippen MR) is 102 cm³/mol. The van der Waals surface area contributed by atoms with Crippen LogP contribution in [-0.4, -0.2) is 14.3 Å². The molecule has 0 aliphatic rings. The summed E-state index contributed by atoms with van der Waals surface area (Å²) in [7, 11) is -3.78. The minimum Gasteiger partial charge on any atom is -0.468 e. The van der Waals surface area contributed by atoms with E-state index in [2.05, 4.69) is 10.0 Å². The molecular formula is C19H17ClN2O4S. The first-order valence-corrected chi connectivity index (χ1v) is 9.95. The van der Waals surface area contributed by atoms with Crippen LogP contribution in [0.2, 0.25) is 5.02 Å². The Balaban J connectivity index is 1.68. The first-order valence-electron chi connectivity index (χ1n) is 8.09. The average Bonchev–Trinajstić information content (AvgIpc) is 3.19. The second kappa shape index (κ2) is 8.39. The highest BCUT2D eigenvalue weighted by atomic mass is 35.5. The maximum absolute atomic E-state index is 12.4. The third kappa shape index (κ3) is 4.97. The minimum absolute atomic E-state index is 0.000510. The van der Waals surface area contributed by atoms with Gasteiger partial charge in [0.05, 0.1) is 17.7 Å². The topological polar surface area (TPSA) is 88.4 Å². The summed E-state index contributed by atoms with van der Waals surface area (Å²) in [6, 6.07) is 16.3. The Morgan fingerprint density at radius 3 is 2.56 bits per heavy atom. The summed E-state index contributed by atoms with van der Waals surface area (Å²) in [5, 5.41) is 3.29. The number of halogens is 1. The Morgan fingerprint density at radius 1 is 1.00 bits per heavy atom. The van der Waals surface area contributed by atoms with E-state index >= 15 is 0 Å². The van der Waals surface area contributed by atoms with E-state index < -0.39 is 15.9 Å². The third-order valence-electron chi connectivity index (χ3n) is 3.82. The molecule has 1 heterocycles. The van der Waals surface area contributed by atoms with Gasteiger partial charge < -0.3 is 9.73 Å². The van der Waals surface area contributed by atoms with Crippen molar-refractivity contribution in [1.29, 1.82) is 0 Å². The van der Waals surface area contributed by atoms with Crippen LogP contribution in [0.4, 0.5) is 0 Å². The predicted octanol–water partition coefficient (Wildman–Crippen LogP) is 3.34. The smallest absolute Gasteiger partial charge is 0.251 e. The lowest BCUT2D eigenvalue weighted by atomic mass is 10.2. The van der Waals surface area contributed by atoms with Gasteiger partial charge in [0.15, 0.2) is 0 Å². The number of carbonyl (C=O) groups is 1. The summed E-state index contributed by atoms with van der Waals surface area (Å²) in [5.41, 5.74) is 1.01. The molecule has 2 aromatic carbocycles. The third-order valence-corrected chi connectivity index (χ3v) is 5.59. The highest BCUT2D eigenvalue weighted by Crippen LogP contribution is 2.16. The molecule has 0 aliphatic carbocycles. The second-order valence-electron chi connectivity index (χ2n) is 5.71. The van der Waals surface area contributed by atoms with Gasteiger partial charge in [-0.2, -0.15) is 0 Å². The SMILES string of the molecule is O=C(NCc1ccccc1Cl)c1cccc(S(=O)(=O)NCc2ccco2)c1. The molecular weight excluding hydrogens is 388 g/mol. The second-order valence-corrected chi connectivity index (χ2v) is 7.88. The van der Waals surface area contributed by atoms with Crippen molar-refractivity contribution in [2.24, 2.45) is 0 Å². The molecule has 0 spiro atoms. The Bertz CT molecular complexity index is 1030. The Morgan fingerprint density at radius 2 is 1.81 bits per heavy atom. The van der Waals surface area contributed by atoms with Crippen molar-refractivity contribution in [2.45, 2.75) is 18.0 Å². The van der Waals surface area contributed by atoms with E-state index in [4.69, 9.17) is 16.0 Å². The normalized spacial score (nSPS) is 11.3. The molecule has 0 bridgehead atoms. The van der Waals surface area contributed by atoms with Crippen molar-refractivity contribution < 1.29 is 17.6 Å². The molecule has 0 atom stereocenters. The van der Waals surface area contributed by atoms with Crippen LogP contribution in [-0.2, 0) is 23.1 Å². The summed E-state index contributed by atoms with van der Waals surface area (Å²) in [6.07, 6.45) is 1.47. The molecule has 140 valence electrons. The summed E-state index contributed by atoms with van der Waals surface area (Å²) in [6.45, 7) is 0.268. The summed E-state index contributed by atoms with van der Waals surface area (Å²) in [5.74, 6) is 0.102. The zero-order valence-corrected chi connectivity index (χ0v) is 15.8. The molecule has 1 amide bonds. The molecule has 0 radical (unpaired) electrons. The first-order chi connectivity index (χ1) is 13.0. The van der Waals surface area contributed by atoms with Crippen molar-refractivity contribution >= 4 is 27.5 Å². The molecule has 3 aromatic rings. The van der Waals surface area contributed by atoms with Crippen LogP contribution in [0.25, 0.3) is 0 Å². The van der Waals surface area contributed by atoms with Crippen molar-refractivity contribution in [3.8, 4) is 0 Å². The number of benzene rings is 2. The summed E-state index contributed by atoms with van der Waals surface area (Å²) in [4.78, 5) is 12.4. The monoisotopic (exact) mass is 404 g/mol. The number of rotatable bonds is 7. The Labute approximate surface area is 162 Å². The van der Waals surface area contributed by atoms with Gasteiger partial charge in [-0.15, -0.1) is 0 Å². The van der Waals surface area contributed by atoms with Gasteiger partial charge in [0, 0.05) is 17.1 Å². The molecule has 0 unspecified atom stereocenters. The van der Waals surface area contributed by atoms with Gasteiger partial charge in [0.2, 0.25) is 10.0 Å². The molecule has 0 saturated heterocycles. The standard InChI is InChI=1S/C19H17ClN2O4S/c20-18-9-2-1-5-15(18)12-21-19(23)14-6-3-8-17(11-14)27(24,25)22-13-16-7-4-10-26-16/h1-11,22H,12-13H2,(H,21,23). The summed E-state index contributed by atoms with van der Waals surface area (Å²) >= 11 is 6.07. The number of sulfonamides is 1. The lowest BCUT2D eigenvalue weighted by Crippen LogP contribution is -2.25. The minimum atomic E-state index is -3.78. The molecule has 3 rings (SSSR count). The Kier molecular flexibility index (Phi) is 5.95. The first kappa shape index (κ1) is 19.2. The van der Waals surface area contributed by atoms with Gasteiger partial charge in [0.1, 0.15) is 5.76 Å². The van der Waals surface area contributed by atoms with Crippen LogP contribution in [0.5, 0.6) is 0 Å². The van der Waals surface area contributed by atoms with E-state index in [9.17, 15) is 13.2 Å². The van der Waals surface area contributed by atoms with Crippen LogP contribution in [0, 0.1) is 0 Å². The van der Waals surface area contributed by atoms with E-state index in [1.807, 2.05) is 12.1 Å². The highest BCUT2D eigenvalue weighted by Gasteiger charge is 2.16. The molecule has 6 nitrogen and oxygen atoms in total. The van der Waals surface area contributed by atoms with Gasteiger partial charge in [-0.1, -0.05) is 35.9 Å². The molecule has 1 aromatic heterocycles.